The zero-order valence-corrected chi connectivity index (χ0v) is 13.5. The van der Waals surface area contributed by atoms with Gasteiger partial charge in [0.05, 0.1) is 0 Å². The third-order valence-corrected chi connectivity index (χ3v) is 6.20. The molecule has 0 atom stereocenters. The van der Waals surface area contributed by atoms with E-state index in [1.54, 1.807) is 13.8 Å². The van der Waals surface area contributed by atoms with E-state index in [0.717, 1.165) is 11.5 Å². The quantitative estimate of drug-likeness (QED) is 0.713. The van der Waals surface area contributed by atoms with Gasteiger partial charge in [0.1, 0.15) is 16.4 Å². The third kappa shape index (κ3) is 2.07. The Morgan fingerprint density at radius 3 is 2.70 bits per heavy atom. The Labute approximate surface area is 132 Å². The van der Waals surface area contributed by atoms with Gasteiger partial charge in [-0.2, -0.15) is 4.31 Å². The lowest BCUT2D eigenvalue weighted by molar-refractivity contribution is 0.254. The number of pyridine rings is 1. The predicted octanol–water partition coefficient (Wildman–Crippen LogP) is 1.12. The van der Waals surface area contributed by atoms with E-state index < -0.39 is 10.0 Å². The molecule has 0 N–H and O–H groups in total. The Balaban J connectivity index is 1.60. The van der Waals surface area contributed by atoms with Crippen LogP contribution in [0.4, 0.5) is 0 Å². The number of fused-ring (bicyclic) bond motifs is 1. The average molecular weight is 333 g/mol. The van der Waals surface area contributed by atoms with E-state index in [1.165, 1.54) is 4.31 Å². The molecule has 0 spiro atoms. The molecule has 0 aliphatic carbocycles. The summed E-state index contributed by atoms with van der Waals surface area (Å²) >= 11 is 0. The third-order valence-electron chi connectivity index (χ3n) is 4.12. The molecule has 9 heteroatoms. The lowest BCUT2D eigenvalue weighted by Crippen LogP contribution is -2.49. The summed E-state index contributed by atoms with van der Waals surface area (Å²) in [6, 6.07) is 5.66. The minimum Gasteiger partial charge on any atom is -0.360 e. The van der Waals surface area contributed by atoms with Gasteiger partial charge in [-0.3, -0.25) is 4.40 Å². The van der Waals surface area contributed by atoms with Crippen LogP contribution in [-0.4, -0.2) is 45.6 Å². The first-order valence-corrected chi connectivity index (χ1v) is 8.65. The van der Waals surface area contributed by atoms with Gasteiger partial charge < -0.3 is 4.52 Å². The molecule has 1 fully saturated rings. The summed E-state index contributed by atoms with van der Waals surface area (Å²) in [7, 11) is -3.58. The van der Waals surface area contributed by atoms with Crippen molar-refractivity contribution in [3.63, 3.8) is 0 Å². The van der Waals surface area contributed by atoms with Gasteiger partial charge in [-0.1, -0.05) is 11.2 Å². The lowest BCUT2D eigenvalue weighted by Gasteiger charge is -2.36. The number of aryl methyl sites for hydroxylation is 2. The van der Waals surface area contributed by atoms with Crippen molar-refractivity contribution in [3.8, 4) is 0 Å². The van der Waals surface area contributed by atoms with Crippen LogP contribution in [0.3, 0.4) is 0 Å². The average Bonchev–Trinajstić information content (AvgIpc) is 3.02. The molecule has 23 heavy (non-hydrogen) atoms. The maximum absolute atomic E-state index is 12.7. The topological polar surface area (TPSA) is 93.6 Å². The molecule has 1 aliphatic rings. The minimum atomic E-state index is -3.58. The fourth-order valence-corrected chi connectivity index (χ4v) is 4.73. The Hall–Kier alpha value is -2.26. The second kappa shape index (κ2) is 4.87. The summed E-state index contributed by atoms with van der Waals surface area (Å²) in [5.41, 5.74) is 1.15. The first kappa shape index (κ1) is 14.3. The fraction of sp³-hybridized carbons (Fsp3) is 0.357. The first-order chi connectivity index (χ1) is 11.0. The van der Waals surface area contributed by atoms with E-state index in [2.05, 4.69) is 15.4 Å². The van der Waals surface area contributed by atoms with Crippen molar-refractivity contribution in [2.24, 2.45) is 0 Å². The molecule has 1 saturated heterocycles. The van der Waals surface area contributed by atoms with Crippen LogP contribution in [-0.2, 0) is 10.0 Å². The maximum atomic E-state index is 12.7. The lowest BCUT2D eigenvalue weighted by atomic mass is 10.0. The highest BCUT2D eigenvalue weighted by Gasteiger charge is 2.41. The predicted molar refractivity (Wildman–Crippen MR) is 80.5 cm³/mol. The SMILES string of the molecule is Cc1noc(C)c1S(=O)(=O)N1CC(c2nnc3ccccn23)C1. The van der Waals surface area contributed by atoms with Crippen molar-refractivity contribution >= 4 is 15.7 Å². The van der Waals surface area contributed by atoms with Crippen LogP contribution in [0.2, 0.25) is 0 Å². The Morgan fingerprint density at radius 1 is 1.22 bits per heavy atom. The van der Waals surface area contributed by atoms with E-state index in [-0.39, 0.29) is 10.8 Å². The molecule has 0 unspecified atom stereocenters. The molecule has 120 valence electrons. The fourth-order valence-electron chi connectivity index (χ4n) is 2.91. The van der Waals surface area contributed by atoms with Crippen molar-refractivity contribution in [2.75, 3.05) is 13.1 Å². The smallest absolute Gasteiger partial charge is 0.248 e. The molecule has 0 bridgehead atoms. The van der Waals surface area contributed by atoms with Gasteiger partial charge in [0.15, 0.2) is 11.4 Å². The van der Waals surface area contributed by atoms with Crippen LogP contribution in [0, 0.1) is 13.8 Å². The Morgan fingerprint density at radius 2 is 2.00 bits per heavy atom. The number of hydrogen-bond donors (Lipinski definition) is 0. The molecule has 0 aromatic carbocycles. The van der Waals surface area contributed by atoms with Crippen LogP contribution in [0.1, 0.15) is 23.2 Å². The van der Waals surface area contributed by atoms with Gasteiger partial charge >= 0.3 is 0 Å². The van der Waals surface area contributed by atoms with Crippen molar-refractivity contribution in [3.05, 3.63) is 41.7 Å². The van der Waals surface area contributed by atoms with Crippen molar-refractivity contribution < 1.29 is 12.9 Å². The first-order valence-electron chi connectivity index (χ1n) is 7.21. The molecular weight excluding hydrogens is 318 g/mol. The number of aromatic nitrogens is 4. The molecule has 8 nitrogen and oxygen atoms in total. The monoisotopic (exact) mass is 333 g/mol. The largest absolute Gasteiger partial charge is 0.360 e. The highest BCUT2D eigenvalue weighted by Crippen LogP contribution is 2.33. The van der Waals surface area contributed by atoms with E-state index in [9.17, 15) is 8.42 Å². The molecule has 1 aliphatic heterocycles. The van der Waals surface area contributed by atoms with Crippen LogP contribution < -0.4 is 0 Å². The molecule has 0 amide bonds. The molecule has 0 saturated carbocycles. The van der Waals surface area contributed by atoms with Gasteiger partial charge in [-0.15, -0.1) is 10.2 Å². The number of sulfonamides is 1. The van der Waals surface area contributed by atoms with E-state index in [4.69, 9.17) is 4.52 Å². The molecule has 0 radical (unpaired) electrons. The maximum Gasteiger partial charge on any atom is 0.248 e. The number of hydrogen-bond acceptors (Lipinski definition) is 6. The zero-order valence-electron chi connectivity index (χ0n) is 12.7. The highest BCUT2D eigenvalue weighted by molar-refractivity contribution is 7.89. The van der Waals surface area contributed by atoms with Crippen LogP contribution in [0.15, 0.2) is 33.8 Å². The molecule has 3 aromatic heterocycles. The summed E-state index contributed by atoms with van der Waals surface area (Å²) in [5.74, 6) is 1.13. The van der Waals surface area contributed by atoms with Crippen LogP contribution in [0.5, 0.6) is 0 Å². The highest BCUT2D eigenvalue weighted by atomic mass is 32.2. The van der Waals surface area contributed by atoms with Crippen molar-refractivity contribution in [1.29, 1.82) is 0 Å². The van der Waals surface area contributed by atoms with E-state index in [0.29, 0.717) is 24.5 Å². The van der Waals surface area contributed by atoms with Gasteiger partial charge in [0, 0.05) is 25.2 Å². The molecule has 4 heterocycles. The Kier molecular flexibility index (Phi) is 3.03. The molecular formula is C14H15N5O3S. The second-order valence-electron chi connectivity index (χ2n) is 5.66. The summed E-state index contributed by atoms with van der Waals surface area (Å²) in [4.78, 5) is 0.169. The van der Waals surface area contributed by atoms with Gasteiger partial charge in [0.2, 0.25) is 10.0 Å². The second-order valence-corrected chi connectivity index (χ2v) is 7.53. The van der Waals surface area contributed by atoms with Crippen molar-refractivity contribution in [2.45, 2.75) is 24.7 Å². The van der Waals surface area contributed by atoms with Gasteiger partial charge in [0.25, 0.3) is 0 Å². The summed E-state index contributed by atoms with van der Waals surface area (Å²) in [5, 5.41) is 12.0. The Bertz CT molecular complexity index is 965. The zero-order chi connectivity index (χ0) is 16.2. The summed E-state index contributed by atoms with van der Waals surface area (Å²) in [6.07, 6.45) is 1.89. The van der Waals surface area contributed by atoms with Crippen LogP contribution in [0.25, 0.3) is 5.65 Å². The summed E-state index contributed by atoms with van der Waals surface area (Å²) in [6.45, 7) is 3.99. The number of nitrogens with zero attached hydrogens (tertiary/aromatic N) is 5. The van der Waals surface area contributed by atoms with Crippen LogP contribution >= 0.6 is 0 Å². The molecule has 4 rings (SSSR count). The number of rotatable bonds is 3. The van der Waals surface area contributed by atoms with Gasteiger partial charge in [-0.05, 0) is 26.0 Å². The summed E-state index contributed by atoms with van der Waals surface area (Å²) < 4.78 is 33.7. The van der Waals surface area contributed by atoms with Gasteiger partial charge in [-0.25, -0.2) is 8.42 Å². The normalized spacial score (nSPS) is 16.8. The van der Waals surface area contributed by atoms with Crippen molar-refractivity contribution in [1.82, 2.24) is 24.1 Å². The standard InChI is InChI=1S/C14H15N5O3S/c1-9-13(10(2)22-17-9)23(20,21)18-7-11(8-18)14-16-15-12-5-3-4-6-19(12)14/h3-6,11H,7-8H2,1-2H3. The molecule has 3 aromatic rings. The minimum absolute atomic E-state index is 0.0302. The van der Waals surface area contributed by atoms with E-state index >= 15 is 0 Å². The van der Waals surface area contributed by atoms with E-state index in [1.807, 2.05) is 28.8 Å².